The van der Waals surface area contributed by atoms with Crippen molar-refractivity contribution in [2.24, 2.45) is 0 Å². The number of rotatable bonds is 3. The minimum absolute atomic E-state index is 0.387. The topological polar surface area (TPSA) is 22.8 Å². The van der Waals surface area contributed by atoms with Crippen molar-refractivity contribution < 1.29 is 9.31 Å². The van der Waals surface area contributed by atoms with Gasteiger partial charge in [0.1, 0.15) is 0 Å². The highest BCUT2D eigenvalue weighted by atomic mass is 16.6. The molecule has 0 N–H and O–H groups in total. The fourth-order valence-corrected chi connectivity index (χ4v) is 1.11. The van der Waals surface area contributed by atoms with E-state index in [4.69, 9.17) is 15.9 Å². The second-order valence-corrected chi connectivity index (χ2v) is 2.51. The van der Waals surface area contributed by atoms with Gasteiger partial charge in [-0.1, -0.05) is 24.3 Å². The number of hydrogen-bond acceptors (Lipinski definition) is 2. The lowest BCUT2D eigenvalue weighted by Crippen LogP contribution is -2.34. The van der Waals surface area contributed by atoms with Crippen LogP contribution in [0, 0.1) is 6.57 Å². The summed E-state index contributed by atoms with van der Waals surface area (Å²) in [5.74, 6) is 0. The molecule has 0 saturated heterocycles. The van der Waals surface area contributed by atoms with Crippen molar-refractivity contribution >= 4 is 18.3 Å². The van der Waals surface area contributed by atoms with E-state index in [1.54, 1.807) is 26.4 Å². The molecular formula is C9H10BNO2. The van der Waals surface area contributed by atoms with E-state index in [1.807, 2.05) is 12.1 Å². The molecule has 0 aliphatic heterocycles. The van der Waals surface area contributed by atoms with Crippen molar-refractivity contribution in [3.8, 4) is 0 Å². The Balaban J connectivity index is 2.94. The summed E-state index contributed by atoms with van der Waals surface area (Å²) in [5.41, 5.74) is 1.45. The van der Waals surface area contributed by atoms with Crippen LogP contribution in [-0.2, 0) is 9.31 Å². The summed E-state index contributed by atoms with van der Waals surface area (Å²) in [6.45, 7) is 6.84. The largest absolute Gasteiger partial charge is 0.492 e. The lowest BCUT2D eigenvalue weighted by atomic mass is 9.79. The molecule has 13 heavy (non-hydrogen) atoms. The number of hydrogen-bond donors (Lipinski definition) is 0. The SMILES string of the molecule is [C-]#[N+]c1cccc(B(OC)OC)c1. The molecule has 0 atom stereocenters. The number of nitrogens with zero attached hydrogens (tertiary/aromatic N) is 1. The van der Waals surface area contributed by atoms with E-state index in [9.17, 15) is 0 Å². The van der Waals surface area contributed by atoms with Crippen molar-refractivity contribution in [3.63, 3.8) is 0 Å². The summed E-state index contributed by atoms with van der Waals surface area (Å²) in [4.78, 5) is 3.32. The summed E-state index contributed by atoms with van der Waals surface area (Å²) < 4.78 is 10.1. The van der Waals surface area contributed by atoms with Gasteiger partial charge >= 0.3 is 7.12 Å². The van der Waals surface area contributed by atoms with Crippen LogP contribution in [0.4, 0.5) is 5.69 Å². The molecule has 66 valence electrons. The predicted molar refractivity (Wildman–Crippen MR) is 52.1 cm³/mol. The highest BCUT2D eigenvalue weighted by Crippen LogP contribution is 2.08. The average molecular weight is 175 g/mol. The van der Waals surface area contributed by atoms with Crippen LogP contribution >= 0.6 is 0 Å². The molecule has 1 rings (SSSR count). The van der Waals surface area contributed by atoms with Gasteiger partial charge in [0, 0.05) is 14.2 Å². The fourth-order valence-electron chi connectivity index (χ4n) is 1.11. The molecule has 4 heteroatoms. The van der Waals surface area contributed by atoms with E-state index in [1.165, 1.54) is 0 Å². The Bertz CT molecular complexity index is 318. The molecule has 1 aromatic rings. The van der Waals surface area contributed by atoms with Crippen LogP contribution in [0.3, 0.4) is 0 Å². The first-order valence-corrected chi connectivity index (χ1v) is 3.85. The highest BCUT2D eigenvalue weighted by Gasteiger charge is 2.17. The van der Waals surface area contributed by atoms with E-state index in [0.29, 0.717) is 5.69 Å². The second kappa shape index (κ2) is 4.66. The predicted octanol–water partition coefficient (Wildman–Crippen LogP) is 1.23. The first-order chi connectivity index (χ1) is 6.31. The fraction of sp³-hybridized carbons (Fsp3) is 0.222. The van der Waals surface area contributed by atoms with Gasteiger partial charge in [-0.05, 0) is 5.46 Å². The van der Waals surface area contributed by atoms with Crippen LogP contribution in [0.1, 0.15) is 0 Å². The summed E-state index contributed by atoms with van der Waals surface area (Å²) in [7, 11) is 2.75. The maximum atomic E-state index is 6.84. The summed E-state index contributed by atoms with van der Waals surface area (Å²) in [5, 5.41) is 0. The zero-order chi connectivity index (χ0) is 9.68. The van der Waals surface area contributed by atoms with Gasteiger partial charge in [0.15, 0.2) is 5.69 Å². The van der Waals surface area contributed by atoms with Gasteiger partial charge in [0.25, 0.3) is 0 Å². The summed E-state index contributed by atoms with van der Waals surface area (Å²) in [6, 6.07) is 7.18. The molecule has 0 aliphatic carbocycles. The highest BCUT2D eigenvalue weighted by molar-refractivity contribution is 6.61. The van der Waals surface area contributed by atoms with Crippen molar-refractivity contribution in [3.05, 3.63) is 35.7 Å². The summed E-state index contributed by atoms with van der Waals surface area (Å²) >= 11 is 0. The lowest BCUT2D eigenvalue weighted by molar-refractivity contribution is 0.292. The molecule has 0 heterocycles. The summed E-state index contributed by atoms with van der Waals surface area (Å²) in [6.07, 6.45) is 0. The van der Waals surface area contributed by atoms with E-state index in [2.05, 4.69) is 4.85 Å². The molecule has 0 saturated carbocycles. The van der Waals surface area contributed by atoms with E-state index in [-0.39, 0.29) is 7.12 Å². The molecule has 0 bridgehead atoms. The Labute approximate surface area is 78.2 Å². The lowest BCUT2D eigenvalue weighted by Gasteiger charge is -2.08. The van der Waals surface area contributed by atoms with Gasteiger partial charge in [0.05, 0.1) is 6.57 Å². The van der Waals surface area contributed by atoms with Crippen molar-refractivity contribution in [1.82, 2.24) is 0 Å². The second-order valence-electron chi connectivity index (χ2n) is 2.51. The third-order valence-electron chi connectivity index (χ3n) is 1.70. The Hall–Kier alpha value is -1.31. The third kappa shape index (κ3) is 2.31. The minimum atomic E-state index is -0.387. The van der Waals surface area contributed by atoms with Crippen LogP contribution in [0.15, 0.2) is 24.3 Å². The van der Waals surface area contributed by atoms with E-state index < -0.39 is 0 Å². The molecule has 1 aromatic carbocycles. The van der Waals surface area contributed by atoms with E-state index in [0.717, 1.165) is 5.46 Å². The van der Waals surface area contributed by atoms with Gasteiger partial charge in [0.2, 0.25) is 0 Å². The molecule has 0 unspecified atom stereocenters. The normalized spacial score (nSPS) is 9.31. The van der Waals surface area contributed by atoms with Gasteiger partial charge in [-0.15, -0.1) is 0 Å². The van der Waals surface area contributed by atoms with Crippen molar-refractivity contribution in [2.75, 3.05) is 14.2 Å². The van der Waals surface area contributed by atoms with Gasteiger partial charge in [-0.3, -0.25) is 0 Å². The molecule has 0 fully saturated rings. The van der Waals surface area contributed by atoms with Crippen LogP contribution < -0.4 is 5.46 Å². The van der Waals surface area contributed by atoms with Gasteiger partial charge in [-0.2, -0.15) is 0 Å². The molecule has 0 amide bonds. The molecule has 0 spiro atoms. The first-order valence-electron chi connectivity index (χ1n) is 3.85. The molecule has 0 aromatic heterocycles. The van der Waals surface area contributed by atoms with E-state index >= 15 is 0 Å². The standard InChI is InChI=1S/C9H10BNO2/c1-11-9-6-4-5-8(7-9)10(12-2)13-3/h4-7H,2-3H3. The van der Waals surface area contributed by atoms with Crippen LogP contribution in [0.2, 0.25) is 0 Å². The molecule has 0 radical (unpaired) electrons. The molecular weight excluding hydrogens is 165 g/mol. The molecule has 3 nitrogen and oxygen atoms in total. The third-order valence-corrected chi connectivity index (χ3v) is 1.70. The average Bonchev–Trinajstić information content (AvgIpc) is 2.20. The first kappa shape index (κ1) is 9.78. The minimum Gasteiger partial charge on any atom is -0.410 e. The number of benzene rings is 1. The monoisotopic (exact) mass is 175 g/mol. The zero-order valence-electron chi connectivity index (χ0n) is 7.65. The van der Waals surface area contributed by atoms with Crippen LogP contribution in [-0.4, -0.2) is 21.3 Å². The van der Waals surface area contributed by atoms with Crippen LogP contribution in [0.25, 0.3) is 4.85 Å². The Morgan fingerprint density at radius 2 is 2.00 bits per heavy atom. The zero-order valence-corrected chi connectivity index (χ0v) is 7.65. The maximum absolute atomic E-state index is 6.84. The maximum Gasteiger partial charge on any atom is 0.492 e. The Kier molecular flexibility index (Phi) is 3.50. The smallest absolute Gasteiger partial charge is 0.410 e. The van der Waals surface area contributed by atoms with Gasteiger partial charge in [-0.25, -0.2) is 4.85 Å². The Morgan fingerprint density at radius 1 is 1.31 bits per heavy atom. The quantitative estimate of drug-likeness (QED) is 0.509. The van der Waals surface area contributed by atoms with Crippen molar-refractivity contribution in [1.29, 1.82) is 0 Å². The van der Waals surface area contributed by atoms with Gasteiger partial charge < -0.3 is 9.31 Å². The molecule has 0 aliphatic rings. The van der Waals surface area contributed by atoms with Crippen molar-refractivity contribution in [2.45, 2.75) is 0 Å². The van der Waals surface area contributed by atoms with Crippen LogP contribution in [0.5, 0.6) is 0 Å². The Morgan fingerprint density at radius 3 is 2.54 bits per heavy atom.